The molecule has 0 heterocycles. The van der Waals surface area contributed by atoms with Crippen molar-refractivity contribution in [3.8, 4) is 11.5 Å². The summed E-state index contributed by atoms with van der Waals surface area (Å²) in [6.45, 7) is 3.55. The molecule has 0 aliphatic rings. The predicted octanol–water partition coefficient (Wildman–Crippen LogP) is 1.91. The van der Waals surface area contributed by atoms with Gasteiger partial charge in [0.1, 0.15) is 11.5 Å². The fourth-order valence-corrected chi connectivity index (χ4v) is 2.27. The Bertz CT molecular complexity index is 817. The van der Waals surface area contributed by atoms with E-state index in [9.17, 15) is 19.5 Å². The zero-order chi connectivity index (χ0) is 19.8. The van der Waals surface area contributed by atoms with Crippen LogP contribution < -0.4 is 15.4 Å². The maximum Gasteiger partial charge on any atom is 0.260 e. The molecule has 0 aliphatic carbocycles. The van der Waals surface area contributed by atoms with Crippen molar-refractivity contribution in [2.45, 2.75) is 20.0 Å². The summed E-state index contributed by atoms with van der Waals surface area (Å²) in [5.74, 6) is -0.189. The van der Waals surface area contributed by atoms with Gasteiger partial charge in [-0.05, 0) is 50.2 Å². The number of carbonyl (C=O) groups is 3. The fraction of sp³-hybridized carbons (Fsp3) is 0.250. The van der Waals surface area contributed by atoms with Gasteiger partial charge >= 0.3 is 0 Å². The number of benzene rings is 2. The van der Waals surface area contributed by atoms with Crippen LogP contribution in [-0.2, 0) is 4.79 Å². The third-order valence-electron chi connectivity index (χ3n) is 3.76. The Morgan fingerprint density at radius 1 is 1.00 bits per heavy atom. The number of amides is 2. The van der Waals surface area contributed by atoms with Crippen molar-refractivity contribution < 1.29 is 24.2 Å². The number of ketones is 1. The maximum absolute atomic E-state index is 12.1. The third kappa shape index (κ3) is 6.14. The van der Waals surface area contributed by atoms with Gasteiger partial charge < -0.3 is 20.5 Å². The number of nitrogens with one attached hydrogen (secondary N) is 2. The molecule has 0 fully saturated rings. The van der Waals surface area contributed by atoms with Gasteiger partial charge in [0.2, 0.25) is 0 Å². The molecule has 2 amide bonds. The molecule has 1 unspecified atom stereocenters. The Balaban J connectivity index is 1.75. The van der Waals surface area contributed by atoms with Crippen molar-refractivity contribution in [1.82, 2.24) is 10.6 Å². The van der Waals surface area contributed by atoms with Gasteiger partial charge in [0.25, 0.3) is 11.8 Å². The first-order chi connectivity index (χ1) is 12.9. The van der Waals surface area contributed by atoms with Gasteiger partial charge in [0.05, 0.1) is 0 Å². The highest BCUT2D eigenvalue weighted by Crippen LogP contribution is 2.15. The summed E-state index contributed by atoms with van der Waals surface area (Å²) >= 11 is 0. The van der Waals surface area contributed by atoms with Crippen LogP contribution in [0, 0.1) is 0 Å². The topological polar surface area (TPSA) is 105 Å². The molecule has 0 saturated carbocycles. The fourth-order valence-electron chi connectivity index (χ4n) is 2.27. The molecule has 0 bridgehead atoms. The summed E-state index contributed by atoms with van der Waals surface area (Å²) in [5.41, 5.74) is 0.929. The van der Waals surface area contributed by atoms with Gasteiger partial charge in [0.15, 0.2) is 11.9 Å². The summed E-state index contributed by atoms with van der Waals surface area (Å²) in [6.07, 6.45) is -0.750. The molecule has 0 saturated heterocycles. The molecule has 7 heteroatoms. The minimum atomic E-state index is -0.750. The number of carbonyl (C=O) groups excluding carboxylic acids is 3. The van der Waals surface area contributed by atoms with Crippen LogP contribution in [0.2, 0.25) is 0 Å². The number of phenolic OH excluding ortho intramolecular Hbond substituents is 1. The molecule has 0 spiro atoms. The van der Waals surface area contributed by atoms with E-state index in [2.05, 4.69) is 10.6 Å². The monoisotopic (exact) mass is 370 g/mol. The number of Topliss-reactive ketones (excluding diaryl/α,β-unsaturated/α-hetero) is 1. The van der Waals surface area contributed by atoms with Gasteiger partial charge in [-0.3, -0.25) is 14.4 Å². The average molecular weight is 370 g/mol. The summed E-state index contributed by atoms with van der Waals surface area (Å²) in [4.78, 5) is 35.4. The van der Waals surface area contributed by atoms with Gasteiger partial charge in [-0.15, -0.1) is 0 Å². The number of hydrogen-bond acceptors (Lipinski definition) is 5. The predicted molar refractivity (Wildman–Crippen MR) is 100.0 cm³/mol. The van der Waals surface area contributed by atoms with E-state index in [1.54, 1.807) is 31.2 Å². The van der Waals surface area contributed by atoms with E-state index < -0.39 is 6.10 Å². The first-order valence-corrected chi connectivity index (χ1v) is 8.49. The van der Waals surface area contributed by atoms with E-state index in [4.69, 9.17) is 4.74 Å². The number of aromatic hydroxyl groups is 1. The molecule has 2 aromatic rings. The van der Waals surface area contributed by atoms with Crippen molar-refractivity contribution in [2.75, 3.05) is 13.1 Å². The van der Waals surface area contributed by atoms with Crippen molar-refractivity contribution in [3.05, 3.63) is 59.7 Å². The van der Waals surface area contributed by atoms with E-state index in [0.29, 0.717) is 16.9 Å². The lowest BCUT2D eigenvalue weighted by Gasteiger charge is -2.15. The number of rotatable bonds is 8. The lowest BCUT2D eigenvalue weighted by atomic mass is 10.1. The minimum absolute atomic E-state index is 0.0816. The highest BCUT2D eigenvalue weighted by Gasteiger charge is 2.15. The molecule has 2 aromatic carbocycles. The molecule has 142 valence electrons. The molecular weight excluding hydrogens is 348 g/mol. The Hall–Kier alpha value is -3.35. The normalized spacial score (nSPS) is 11.3. The van der Waals surface area contributed by atoms with Gasteiger partial charge in [-0.25, -0.2) is 0 Å². The van der Waals surface area contributed by atoms with Crippen molar-refractivity contribution in [3.63, 3.8) is 0 Å². The van der Waals surface area contributed by atoms with E-state index in [1.807, 2.05) is 0 Å². The lowest BCUT2D eigenvalue weighted by Crippen LogP contribution is -2.40. The van der Waals surface area contributed by atoms with Crippen LogP contribution >= 0.6 is 0 Å². The van der Waals surface area contributed by atoms with Crippen molar-refractivity contribution in [2.24, 2.45) is 0 Å². The lowest BCUT2D eigenvalue weighted by molar-refractivity contribution is -0.127. The summed E-state index contributed by atoms with van der Waals surface area (Å²) in [7, 11) is 0. The molecule has 1 atom stereocenters. The van der Waals surface area contributed by atoms with Crippen LogP contribution in [0.5, 0.6) is 11.5 Å². The molecule has 3 N–H and O–H groups in total. The van der Waals surface area contributed by atoms with Gasteiger partial charge in [-0.1, -0.05) is 12.1 Å². The smallest absolute Gasteiger partial charge is 0.260 e. The van der Waals surface area contributed by atoms with Crippen LogP contribution in [0.1, 0.15) is 34.6 Å². The third-order valence-corrected chi connectivity index (χ3v) is 3.76. The molecular formula is C20H22N2O5. The number of hydrogen-bond donors (Lipinski definition) is 3. The molecule has 2 rings (SSSR count). The Kier molecular flexibility index (Phi) is 6.93. The van der Waals surface area contributed by atoms with Crippen LogP contribution in [0.3, 0.4) is 0 Å². The molecule has 0 radical (unpaired) electrons. The Labute approximate surface area is 157 Å². The zero-order valence-electron chi connectivity index (χ0n) is 15.2. The van der Waals surface area contributed by atoms with Crippen LogP contribution in [0.15, 0.2) is 48.5 Å². The second-order valence-corrected chi connectivity index (χ2v) is 5.94. The van der Waals surface area contributed by atoms with E-state index >= 15 is 0 Å². The summed E-state index contributed by atoms with van der Waals surface area (Å²) in [6, 6.07) is 12.5. The molecule has 0 aromatic heterocycles. The molecule has 7 nitrogen and oxygen atoms in total. The summed E-state index contributed by atoms with van der Waals surface area (Å²) < 4.78 is 5.55. The minimum Gasteiger partial charge on any atom is -0.508 e. The van der Waals surface area contributed by atoms with Crippen molar-refractivity contribution in [1.29, 1.82) is 0 Å². The zero-order valence-corrected chi connectivity index (χ0v) is 15.2. The quantitative estimate of drug-likeness (QED) is 0.486. The maximum atomic E-state index is 12.1. The first kappa shape index (κ1) is 20.0. The highest BCUT2D eigenvalue weighted by molar-refractivity contribution is 5.94. The second-order valence-electron chi connectivity index (χ2n) is 5.94. The second kappa shape index (κ2) is 9.38. The first-order valence-electron chi connectivity index (χ1n) is 8.49. The van der Waals surface area contributed by atoms with Crippen LogP contribution in [0.25, 0.3) is 0 Å². The SMILES string of the molecule is CC(=O)c1cccc(OC(C)C(=O)NCCNC(=O)c2ccc(O)cc2)c1. The summed E-state index contributed by atoms with van der Waals surface area (Å²) in [5, 5.41) is 14.5. The number of phenols is 1. The van der Waals surface area contributed by atoms with E-state index in [-0.39, 0.29) is 36.4 Å². The molecule has 27 heavy (non-hydrogen) atoms. The van der Waals surface area contributed by atoms with Crippen LogP contribution in [0.4, 0.5) is 0 Å². The average Bonchev–Trinajstić information content (AvgIpc) is 2.65. The van der Waals surface area contributed by atoms with Crippen molar-refractivity contribution >= 4 is 17.6 Å². The van der Waals surface area contributed by atoms with E-state index in [0.717, 1.165) is 0 Å². The standard InChI is InChI=1S/C20H22N2O5/c1-13(23)16-4-3-5-18(12-16)27-14(2)19(25)21-10-11-22-20(26)15-6-8-17(24)9-7-15/h3-9,12,14,24H,10-11H2,1-2H3,(H,21,25)(H,22,26). The van der Waals surface area contributed by atoms with Gasteiger partial charge in [-0.2, -0.15) is 0 Å². The number of ether oxygens (including phenoxy) is 1. The highest BCUT2D eigenvalue weighted by atomic mass is 16.5. The largest absolute Gasteiger partial charge is 0.508 e. The van der Waals surface area contributed by atoms with E-state index in [1.165, 1.54) is 31.2 Å². The molecule has 0 aliphatic heterocycles. The Morgan fingerprint density at radius 3 is 2.33 bits per heavy atom. The Morgan fingerprint density at radius 2 is 1.67 bits per heavy atom. The van der Waals surface area contributed by atoms with Gasteiger partial charge in [0, 0.05) is 24.2 Å². The van der Waals surface area contributed by atoms with Crippen LogP contribution in [-0.4, -0.2) is 41.9 Å².